The molecule has 2 aromatic rings. The molecule has 1 N–H and O–H groups in total. The fourth-order valence-corrected chi connectivity index (χ4v) is 4.86. The standard InChI is InChI=1S/C19H23FN2O3S/c1-12-17-14(20)6-3-7-15(17)26-18(12)19(25)22-9-4-5-13(8-10-22)21(2)11-16(23)24/h3,6-7,13H,4-5,8-11H2,1-2H3,(H,23,24)/t13-/m1/s1. The number of nitrogens with zero attached hydrogens (tertiary/aromatic N) is 2. The van der Waals surface area contributed by atoms with E-state index in [1.54, 1.807) is 13.0 Å². The Balaban J connectivity index is 1.76. The Hall–Kier alpha value is -1.99. The predicted octanol–water partition coefficient (Wildman–Crippen LogP) is 3.36. The Labute approximate surface area is 156 Å². The fraction of sp³-hybridized carbons (Fsp3) is 0.474. The summed E-state index contributed by atoms with van der Waals surface area (Å²) in [7, 11) is 1.81. The van der Waals surface area contributed by atoms with Gasteiger partial charge in [-0.15, -0.1) is 11.3 Å². The number of rotatable bonds is 4. The molecule has 1 aliphatic rings. The molecule has 0 radical (unpaired) electrons. The summed E-state index contributed by atoms with van der Waals surface area (Å²) in [5, 5.41) is 9.50. The molecule has 1 aromatic heterocycles. The van der Waals surface area contributed by atoms with Crippen LogP contribution in [0.25, 0.3) is 10.1 Å². The maximum Gasteiger partial charge on any atom is 0.317 e. The zero-order valence-electron chi connectivity index (χ0n) is 15.0. The van der Waals surface area contributed by atoms with Crippen LogP contribution in [0.5, 0.6) is 0 Å². The van der Waals surface area contributed by atoms with Crippen molar-refractivity contribution < 1.29 is 19.1 Å². The van der Waals surface area contributed by atoms with Gasteiger partial charge in [-0.1, -0.05) is 6.07 Å². The highest BCUT2D eigenvalue weighted by molar-refractivity contribution is 7.21. The number of carbonyl (C=O) groups excluding carboxylic acids is 1. The van der Waals surface area contributed by atoms with Crippen LogP contribution in [0.1, 0.15) is 34.5 Å². The lowest BCUT2D eigenvalue weighted by Crippen LogP contribution is -2.37. The second kappa shape index (κ2) is 7.72. The second-order valence-electron chi connectivity index (χ2n) is 6.85. The van der Waals surface area contributed by atoms with Gasteiger partial charge in [0.05, 0.1) is 11.4 Å². The molecule has 1 amide bonds. The lowest BCUT2D eigenvalue weighted by atomic mass is 10.1. The molecule has 7 heteroatoms. The molecule has 5 nitrogen and oxygen atoms in total. The number of carboxylic acid groups (broad SMARTS) is 1. The number of hydrogen-bond donors (Lipinski definition) is 1. The van der Waals surface area contributed by atoms with Gasteiger partial charge < -0.3 is 10.0 Å². The molecule has 0 bridgehead atoms. The smallest absolute Gasteiger partial charge is 0.317 e. The van der Waals surface area contributed by atoms with Gasteiger partial charge in [-0.2, -0.15) is 0 Å². The molecule has 0 saturated carbocycles. The number of thiophene rings is 1. The van der Waals surface area contributed by atoms with Crippen LogP contribution < -0.4 is 0 Å². The first-order valence-electron chi connectivity index (χ1n) is 8.77. The molecule has 3 rings (SSSR count). The summed E-state index contributed by atoms with van der Waals surface area (Å²) in [6.45, 7) is 3.04. The maximum atomic E-state index is 14.1. The molecule has 1 fully saturated rings. The zero-order valence-corrected chi connectivity index (χ0v) is 15.8. The van der Waals surface area contributed by atoms with Gasteiger partial charge in [0.15, 0.2) is 0 Å². The molecule has 0 aliphatic carbocycles. The van der Waals surface area contributed by atoms with Crippen molar-refractivity contribution in [3.05, 3.63) is 34.5 Å². The third kappa shape index (κ3) is 3.73. The van der Waals surface area contributed by atoms with Crippen molar-refractivity contribution in [2.24, 2.45) is 0 Å². The summed E-state index contributed by atoms with van der Waals surface area (Å²) in [6.07, 6.45) is 2.44. The van der Waals surface area contributed by atoms with E-state index in [0.29, 0.717) is 28.9 Å². The normalized spacial score (nSPS) is 18.3. The minimum Gasteiger partial charge on any atom is -0.480 e. The van der Waals surface area contributed by atoms with Crippen LogP contribution in [0.3, 0.4) is 0 Å². The molecule has 1 atom stereocenters. The number of amides is 1. The van der Waals surface area contributed by atoms with E-state index in [-0.39, 0.29) is 24.3 Å². The fourth-order valence-electron chi connectivity index (χ4n) is 3.67. The van der Waals surface area contributed by atoms with Gasteiger partial charge in [0.1, 0.15) is 5.82 Å². The quantitative estimate of drug-likeness (QED) is 0.886. The number of halogens is 1. The Morgan fingerprint density at radius 2 is 2.12 bits per heavy atom. The Morgan fingerprint density at radius 3 is 2.81 bits per heavy atom. The average Bonchev–Trinajstić information content (AvgIpc) is 2.78. The third-order valence-electron chi connectivity index (χ3n) is 5.09. The van der Waals surface area contributed by atoms with Crippen molar-refractivity contribution in [1.82, 2.24) is 9.80 Å². The first-order chi connectivity index (χ1) is 12.4. The van der Waals surface area contributed by atoms with Crippen molar-refractivity contribution in [2.45, 2.75) is 32.2 Å². The number of benzene rings is 1. The van der Waals surface area contributed by atoms with E-state index in [4.69, 9.17) is 5.11 Å². The lowest BCUT2D eigenvalue weighted by Gasteiger charge is -2.25. The number of aliphatic carboxylic acids is 1. The van der Waals surface area contributed by atoms with Crippen molar-refractivity contribution in [1.29, 1.82) is 0 Å². The summed E-state index contributed by atoms with van der Waals surface area (Å²) in [4.78, 5) is 28.2. The SMILES string of the molecule is Cc1c(C(=O)N2CCC[C@@H](N(C)CC(=O)O)CC2)sc2cccc(F)c12. The van der Waals surface area contributed by atoms with Gasteiger partial charge >= 0.3 is 5.97 Å². The van der Waals surface area contributed by atoms with Gasteiger partial charge in [0.25, 0.3) is 5.91 Å². The monoisotopic (exact) mass is 378 g/mol. The number of carbonyl (C=O) groups is 2. The summed E-state index contributed by atoms with van der Waals surface area (Å²) in [5.74, 6) is -1.18. The van der Waals surface area contributed by atoms with Crippen molar-refractivity contribution in [2.75, 3.05) is 26.7 Å². The summed E-state index contributed by atoms with van der Waals surface area (Å²) >= 11 is 1.34. The molecule has 1 aliphatic heterocycles. The van der Waals surface area contributed by atoms with Crippen LogP contribution in [0.2, 0.25) is 0 Å². The van der Waals surface area contributed by atoms with E-state index in [0.717, 1.165) is 24.0 Å². The number of likely N-dealkylation sites (N-methyl/N-ethyl adjacent to an activating group) is 1. The minimum absolute atomic E-state index is 0.00725. The Bertz CT molecular complexity index is 836. The van der Waals surface area contributed by atoms with Crippen LogP contribution in [0, 0.1) is 12.7 Å². The molecule has 0 unspecified atom stereocenters. The van der Waals surface area contributed by atoms with Crippen LogP contribution in [0.15, 0.2) is 18.2 Å². The average molecular weight is 378 g/mol. The highest BCUT2D eigenvalue weighted by atomic mass is 32.1. The van der Waals surface area contributed by atoms with E-state index >= 15 is 0 Å². The summed E-state index contributed by atoms with van der Waals surface area (Å²) in [6, 6.07) is 5.08. The van der Waals surface area contributed by atoms with E-state index in [1.807, 2.05) is 22.9 Å². The third-order valence-corrected chi connectivity index (χ3v) is 6.34. The number of hydrogen-bond acceptors (Lipinski definition) is 4. The van der Waals surface area contributed by atoms with E-state index in [9.17, 15) is 14.0 Å². The molecule has 140 valence electrons. The van der Waals surface area contributed by atoms with Crippen LogP contribution >= 0.6 is 11.3 Å². The molecule has 26 heavy (non-hydrogen) atoms. The predicted molar refractivity (Wildman–Crippen MR) is 100 cm³/mol. The molecule has 1 aromatic carbocycles. The summed E-state index contributed by atoms with van der Waals surface area (Å²) in [5.41, 5.74) is 0.705. The molecular weight excluding hydrogens is 355 g/mol. The van der Waals surface area contributed by atoms with Gasteiger partial charge in [0, 0.05) is 29.2 Å². The number of aryl methyl sites for hydroxylation is 1. The first kappa shape index (κ1) is 18.8. The van der Waals surface area contributed by atoms with Gasteiger partial charge in [0.2, 0.25) is 0 Å². The topological polar surface area (TPSA) is 60.9 Å². The second-order valence-corrected chi connectivity index (χ2v) is 7.91. The number of fused-ring (bicyclic) bond motifs is 1. The van der Waals surface area contributed by atoms with Crippen LogP contribution in [0.4, 0.5) is 4.39 Å². The van der Waals surface area contributed by atoms with Crippen LogP contribution in [-0.4, -0.2) is 59.5 Å². The van der Waals surface area contributed by atoms with Gasteiger partial charge in [-0.3, -0.25) is 14.5 Å². The number of likely N-dealkylation sites (tertiary alicyclic amines) is 1. The van der Waals surface area contributed by atoms with Crippen molar-refractivity contribution in [3.63, 3.8) is 0 Å². The minimum atomic E-state index is -0.840. The number of carboxylic acids is 1. The van der Waals surface area contributed by atoms with Crippen molar-refractivity contribution in [3.8, 4) is 0 Å². The Kier molecular flexibility index (Phi) is 5.58. The highest BCUT2D eigenvalue weighted by Gasteiger charge is 2.27. The van der Waals surface area contributed by atoms with Gasteiger partial charge in [-0.05, 0) is 50.9 Å². The lowest BCUT2D eigenvalue weighted by molar-refractivity contribution is -0.138. The van der Waals surface area contributed by atoms with E-state index in [2.05, 4.69) is 0 Å². The molecular formula is C19H23FN2O3S. The van der Waals surface area contributed by atoms with Crippen LogP contribution in [-0.2, 0) is 4.79 Å². The zero-order chi connectivity index (χ0) is 18.8. The first-order valence-corrected chi connectivity index (χ1v) is 9.59. The van der Waals surface area contributed by atoms with E-state index in [1.165, 1.54) is 17.4 Å². The highest BCUT2D eigenvalue weighted by Crippen LogP contribution is 2.33. The molecule has 2 heterocycles. The Morgan fingerprint density at radius 1 is 1.35 bits per heavy atom. The maximum absolute atomic E-state index is 14.1. The largest absolute Gasteiger partial charge is 0.480 e. The van der Waals surface area contributed by atoms with E-state index < -0.39 is 5.97 Å². The van der Waals surface area contributed by atoms with Gasteiger partial charge in [-0.25, -0.2) is 4.39 Å². The molecule has 0 spiro atoms. The summed E-state index contributed by atoms with van der Waals surface area (Å²) < 4.78 is 14.9. The van der Waals surface area contributed by atoms with Crippen molar-refractivity contribution >= 4 is 33.3 Å². The molecule has 1 saturated heterocycles.